The van der Waals surface area contributed by atoms with Crippen molar-refractivity contribution in [1.29, 1.82) is 0 Å². The lowest BCUT2D eigenvalue weighted by Gasteiger charge is -2.56. The molecule has 3 heteroatoms. The molecule has 0 aromatic carbocycles. The summed E-state index contributed by atoms with van der Waals surface area (Å²) in [5, 5.41) is 20.1. The van der Waals surface area contributed by atoms with E-state index >= 15 is 0 Å². The quantitative estimate of drug-likeness (QED) is 0.783. The Labute approximate surface area is 134 Å². The van der Waals surface area contributed by atoms with Crippen molar-refractivity contribution in [3.05, 3.63) is 0 Å². The Bertz CT molecular complexity index is 434. The van der Waals surface area contributed by atoms with Gasteiger partial charge < -0.3 is 14.9 Å². The van der Waals surface area contributed by atoms with Gasteiger partial charge in [-0.15, -0.1) is 0 Å². The predicted molar refractivity (Wildman–Crippen MR) is 85.3 cm³/mol. The number of hydrogen-bond acceptors (Lipinski definition) is 3. The van der Waals surface area contributed by atoms with E-state index in [-0.39, 0.29) is 18.1 Å². The van der Waals surface area contributed by atoms with Gasteiger partial charge in [0, 0.05) is 5.41 Å². The number of aliphatic hydroxyl groups is 2. The Morgan fingerprint density at radius 2 is 1.77 bits per heavy atom. The SMILES string of the molecule is C[C@@]1(O)CC[C@H]2[C@H](CC[C@@H]3[C@@H]2CC[C@]2(C)[C@@H](CO)OC[C@@H]32)C1. The Morgan fingerprint density at radius 1 is 1.00 bits per heavy atom. The standard InChI is InChI=1S/C19H32O3/c1-18(21)7-5-13-12(9-18)3-4-15-14(13)6-8-19(2)16(15)11-22-17(19)10-20/h12-17,20-21H,3-11H2,1-2H3/t12-,13+,14-,15-,16+,17-,18-,19+/m1/s1. The van der Waals surface area contributed by atoms with Crippen molar-refractivity contribution in [2.75, 3.05) is 13.2 Å². The number of hydrogen-bond donors (Lipinski definition) is 2. The minimum atomic E-state index is -0.421. The lowest BCUT2D eigenvalue weighted by Crippen LogP contribution is -2.51. The molecule has 1 saturated heterocycles. The molecule has 0 aromatic heterocycles. The maximum Gasteiger partial charge on any atom is 0.0862 e. The van der Waals surface area contributed by atoms with Crippen LogP contribution < -0.4 is 0 Å². The molecule has 1 heterocycles. The van der Waals surface area contributed by atoms with E-state index in [9.17, 15) is 10.2 Å². The van der Waals surface area contributed by atoms with E-state index in [1.807, 2.05) is 6.92 Å². The third-order valence-electron chi connectivity index (χ3n) is 8.05. The lowest BCUT2D eigenvalue weighted by molar-refractivity contribution is -0.0965. The zero-order valence-electron chi connectivity index (χ0n) is 14.1. The zero-order chi connectivity index (χ0) is 15.5. The van der Waals surface area contributed by atoms with Crippen LogP contribution in [0.2, 0.25) is 0 Å². The molecule has 2 N–H and O–H groups in total. The molecule has 8 atom stereocenters. The summed E-state index contributed by atoms with van der Waals surface area (Å²) in [7, 11) is 0. The van der Waals surface area contributed by atoms with Crippen LogP contribution in [0.1, 0.15) is 58.8 Å². The molecule has 3 nitrogen and oxygen atoms in total. The molecule has 0 bridgehead atoms. The smallest absolute Gasteiger partial charge is 0.0862 e. The largest absolute Gasteiger partial charge is 0.394 e. The second kappa shape index (κ2) is 5.19. The van der Waals surface area contributed by atoms with Crippen molar-refractivity contribution in [2.45, 2.75) is 70.5 Å². The second-order valence-electron chi connectivity index (χ2n) is 9.22. The molecule has 22 heavy (non-hydrogen) atoms. The van der Waals surface area contributed by atoms with Crippen molar-refractivity contribution in [2.24, 2.45) is 35.0 Å². The Kier molecular flexibility index (Phi) is 3.63. The van der Waals surface area contributed by atoms with Crippen LogP contribution in [0.3, 0.4) is 0 Å². The third kappa shape index (κ3) is 2.19. The highest BCUT2D eigenvalue weighted by Gasteiger charge is 2.58. The zero-order valence-corrected chi connectivity index (χ0v) is 14.1. The summed E-state index contributed by atoms with van der Waals surface area (Å²) in [4.78, 5) is 0. The molecule has 0 radical (unpaired) electrons. The average molecular weight is 308 g/mol. The Morgan fingerprint density at radius 3 is 2.55 bits per heavy atom. The molecule has 0 spiro atoms. The highest BCUT2D eigenvalue weighted by atomic mass is 16.5. The van der Waals surface area contributed by atoms with E-state index in [0.717, 1.165) is 43.1 Å². The molecular formula is C19H32O3. The average Bonchev–Trinajstić information content (AvgIpc) is 2.82. The number of rotatable bonds is 1. The first kappa shape index (κ1) is 15.4. The Balaban J connectivity index is 1.54. The summed E-state index contributed by atoms with van der Waals surface area (Å²) >= 11 is 0. The first-order chi connectivity index (χ1) is 10.4. The molecule has 126 valence electrons. The molecule has 0 aromatic rings. The van der Waals surface area contributed by atoms with Crippen molar-refractivity contribution in [1.82, 2.24) is 0 Å². The van der Waals surface area contributed by atoms with E-state index in [0.29, 0.717) is 5.92 Å². The third-order valence-corrected chi connectivity index (χ3v) is 8.05. The van der Waals surface area contributed by atoms with Crippen LogP contribution in [0.25, 0.3) is 0 Å². The van der Waals surface area contributed by atoms with Gasteiger partial charge in [-0.2, -0.15) is 0 Å². The van der Waals surface area contributed by atoms with Crippen LogP contribution in [0, 0.1) is 35.0 Å². The molecule has 4 fully saturated rings. The van der Waals surface area contributed by atoms with Gasteiger partial charge in [0.2, 0.25) is 0 Å². The second-order valence-corrected chi connectivity index (χ2v) is 9.22. The van der Waals surface area contributed by atoms with E-state index < -0.39 is 5.60 Å². The summed E-state index contributed by atoms with van der Waals surface area (Å²) < 4.78 is 5.98. The fourth-order valence-electron chi connectivity index (χ4n) is 6.81. The summed E-state index contributed by atoms with van der Waals surface area (Å²) in [5.74, 6) is 3.85. The van der Waals surface area contributed by atoms with Gasteiger partial charge in [-0.05, 0) is 81.5 Å². The first-order valence-corrected chi connectivity index (χ1v) is 9.39. The fraction of sp³-hybridized carbons (Fsp3) is 1.00. The number of ether oxygens (including phenoxy) is 1. The molecule has 4 aliphatic rings. The molecule has 3 saturated carbocycles. The van der Waals surface area contributed by atoms with Gasteiger partial charge in [0.15, 0.2) is 0 Å². The van der Waals surface area contributed by atoms with Gasteiger partial charge in [-0.25, -0.2) is 0 Å². The molecule has 0 amide bonds. The van der Waals surface area contributed by atoms with E-state index in [1.165, 1.54) is 32.1 Å². The lowest BCUT2D eigenvalue weighted by atomic mass is 9.49. The molecule has 4 rings (SSSR count). The summed E-state index contributed by atoms with van der Waals surface area (Å²) in [5.41, 5.74) is -0.224. The Hall–Kier alpha value is -0.120. The minimum Gasteiger partial charge on any atom is -0.394 e. The van der Waals surface area contributed by atoms with Gasteiger partial charge >= 0.3 is 0 Å². The van der Waals surface area contributed by atoms with Crippen LogP contribution in [0.4, 0.5) is 0 Å². The summed E-state index contributed by atoms with van der Waals surface area (Å²) in [6.45, 7) is 5.43. The highest BCUT2D eigenvalue weighted by molar-refractivity contribution is 5.06. The van der Waals surface area contributed by atoms with Gasteiger partial charge in [-0.3, -0.25) is 0 Å². The van der Waals surface area contributed by atoms with Crippen molar-refractivity contribution in [3.8, 4) is 0 Å². The van der Waals surface area contributed by atoms with Crippen LogP contribution in [-0.2, 0) is 4.74 Å². The van der Waals surface area contributed by atoms with E-state index in [2.05, 4.69) is 6.92 Å². The maximum atomic E-state index is 10.4. The number of fused-ring (bicyclic) bond motifs is 5. The van der Waals surface area contributed by atoms with Crippen LogP contribution in [-0.4, -0.2) is 35.1 Å². The maximum absolute atomic E-state index is 10.4. The normalized spacial score (nSPS) is 57.8. The fourth-order valence-corrected chi connectivity index (χ4v) is 6.81. The topological polar surface area (TPSA) is 49.7 Å². The van der Waals surface area contributed by atoms with Gasteiger partial charge in [0.05, 0.1) is 24.9 Å². The van der Waals surface area contributed by atoms with Crippen molar-refractivity contribution >= 4 is 0 Å². The van der Waals surface area contributed by atoms with Gasteiger partial charge in [0.25, 0.3) is 0 Å². The monoisotopic (exact) mass is 308 g/mol. The molecular weight excluding hydrogens is 276 g/mol. The summed E-state index contributed by atoms with van der Waals surface area (Å²) in [6.07, 6.45) is 8.38. The minimum absolute atomic E-state index is 0.0586. The van der Waals surface area contributed by atoms with E-state index in [1.54, 1.807) is 0 Å². The first-order valence-electron chi connectivity index (χ1n) is 9.39. The highest BCUT2D eigenvalue weighted by Crippen LogP contribution is 2.61. The van der Waals surface area contributed by atoms with Crippen LogP contribution >= 0.6 is 0 Å². The van der Waals surface area contributed by atoms with Crippen LogP contribution in [0.5, 0.6) is 0 Å². The molecule has 0 unspecified atom stereocenters. The van der Waals surface area contributed by atoms with Gasteiger partial charge in [-0.1, -0.05) is 6.92 Å². The van der Waals surface area contributed by atoms with Crippen molar-refractivity contribution < 1.29 is 14.9 Å². The number of aliphatic hydroxyl groups excluding tert-OH is 1. The molecule has 3 aliphatic carbocycles. The van der Waals surface area contributed by atoms with Crippen LogP contribution in [0.15, 0.2) is 0 Å². The van der Waals surface area contributed by atoms with E-state index in [4.69, 9.17) is 4.74 Å². The van der Waals surface area contributed by atoms with Gasteiger partial charge in [0.1, 0.15) is 0 Å². The predicted octanol–water partition coefficient (Wildman–Crippen LogP) is 2.99. The molecule has 1 aliphatic heterocycles. The van der Waals surface area contributed by atoms with Crippen molar-refractivity contribution in [3.63, 3.8) is 0 Å². The summed E-state index contributed by atoms with van der Waals surface area (Å²) in [6, 6.07) is 0.